The van der Waals surface area contributed by atoms with Crippen LogP contribution in [0.1, 0.15) is 5.56 Å². The zero-order valence-electron chi connectivity index (χ0n) is 10.7. The summed E-state index contributed by atoms with van der Waals surface area (Å²) in [7, 11) is 0. The Labute approximate surface area is 140 Å². The van der Waals surface area contributed by atoms with E-state index < -0.39 is 6.03 Å². The molecule has 0 unspecified atom stereocenters. The van der Waals surface area contributed by atoms with E-state index in [0.29, 0.717) is 31.4 Å². The van der Waals surface area contributed by atoms with Crippen LogP contribution in [0.5, 0.6) is 0 Å². The summed E-state index contributed by atoms with van der Waals surface area (Å²) in [5.74, 6) is 0. The fourth-order valence-corrected chi connectivity index (χ4v) is 2.40. The highest BCUT2D eigenvalue weighted by molar-refractivity contribution is 9.10. The van der Waals surface area contributed by atoms with Gasteiger partial charge in [-0.1, -0.05) is 36.0 Å². The normalized spacial score (nSPS) is 10.0. The first-order valence-corrected chi connectivity index (χ1v) is 7.47. The van der Waals surface area contributed by atoms with Gasteiger partial charge in [-0.2, -0.15) is 0 Å². The van der Waals surface area contributed by atoms with Crippen LogP contribution in [-0.4, -0.2) is 11.0 Å². The quantitative estimate of drug-likeness (QED) is 0.688. The highest BCUT2D eigenvalue weighted by Gasteiger charge is 2.08. The van der Waals surface area contributed by atoms with Crippen LogP contribution in [-0.2, 0) is 0 Å². The van der Waals surface area contributed by atoms with Gasteiger partial charge in [-0.25, -0.2) is 4.79 Å². The number of thiocarbonyl (C=S) groups is 1. The number of anilines is 2. The van der Waals surface area contributed by atoms with Gasteiger partial charge in [0.15, 0.2) is 0 Å². The van der Waals surface area contributed by atoms with E-state index in [-0.39, 0.29) is 0 Å². The van der Waals surface area contributed by atoms with E-state index in [4.69, 9.17) is 29.6 Å². The molecule has 4 nitrogen and oxygen atoms in total. The molecule has 0 heterocycles. The van der Waals surface area contributed by atoms with Gasteiger partial charge in [0.25, 0.3) is 0 Å². The molecule has 0 aromatic heterocycles. The Morgan fingerprint density at radius 1 is 1.14 bits per heavy atom. The molecule has 2 aromatic carbocycles. The van der Waals surface area contributed by atoms with E-state index in [0.717, 1.165) is 0 Å². The SMILES string of the molecule is NC(=S)c1ccc(NC(=O)Nc2ccccc2Cl)c(Br)c1. The van der Waals surface area contributed by atoms with Crippen LogP contribution in [0, 0.1) is 0 Å². The van der Waals surface area contributed by atoms with E-state index >= 15 is 0 Å². The van der Waals surface area contributed by atoms with Gasteiger partial charge in [0.2, 0.25) is 0 Å². The molecule has 2 rings (SSSR count). The Balaban J connectivity index is 2.10. The van der Waals surface area contributed by atoms with Crippen LogP contribution in [0.4, 0.5) is 16.2 Å². The van der Waals surface area contributed by atoms with Crippen molar-refractivity contribution in [1.29, 1.82) is 0 Å². The first-order chi connectivity index (χ1) is 9.97. The highest BCUT2D eigenvalue weighted by atomic mass is 79.9. The van der Waals surface area contributed by atoms with Crippen molar-refractivity contribution >= 4 is 62.1 Å². The highest BCUT2D eigenvalue weighted by Crippen LogP contribution is 2.25. The molecule has 0 radical (unpaired) electrons. The summed E-state index contributed by atoms with van der Waals surface area (Å²) in [5, 5.41) is 5.85. The Morgan fingerprint density at radius 2 is 1.81 bits per heavy atom. The van der Waals surface area contributed by atoms with Crippen LogP contribution in [0.3, 0.4) is 0 Å². The predicted octanol–water partition coefficient (Wildman–Crippen LogP) is 4.38. The maximum absolute atomic E-state index is 12.0. The zero-order valence-corrected chi connectivity index (χ0v) is 13.8. The molecular weight excluding hydrogens is 374 g/mol. The van der Waals surface area contributed by atoms with Crippen LogP contribution < -0.4 is 16.4 Å². The number of hydrogen-bond acceptors (Lipinski definition) is 2. The number of hydrogen-bond donors (Lipinski definition) is 3. The van der Waals surface area contributed by atoms with Gasteiger partial charge < -0.3 is 16.4 Å². The maximum Gasteiger partial charge on any atom is 0.323 e. The minimum absolute atomic E-state index is 0.294. The van der Waals surface area contributed by atoms with Crippen molar-refractivity contribution in [3.63, 3.8) is 0 Å². The Hall–Kier alpha value is -1.63. The summed E-state index contributed by atoms with van der Waals surface area (Å²) in [6.45, 7) is 0. The topological polar surface area (TPSA) is 67.1 Å². The third-order valence-corrected chi connectivity index (χ3v) is 3.85. The standard InChI is InChI=1S/C14H11BrClN3OS/c15-9-7-8(13(17)21)5-6-11(9)18-14(20)19-12-4-2-1-3-10(12)16/h1-7H,(H2,17,21)(H2,18,19,20). The lowest BCUT2D eigenvalue weighted by Gasteiger charge is -2.11. The monoisotopic (exact) mass is 383 g/mol. The van der Waals surface area contributed by atoms with Crippen molar-refractivity contribution in [1.82, 2.24) is 0 Å². The summed E-state index contributed by atoms with van der Waals surface area (Å²) in [6.07, 6.45) is 0. The van der Waals surface area contributed by atoms with Gasteiger partial charge in [-0.15, -0.1) is 0 Å². The average molecular weight is 385 g/mol. The number of rotatable bonds is 3. The number of amides is 2. The lowest BCUT2D eigenvalue weighted by Crippen LogP contribution is -2.20. The van der Waals surface area contributed by atoms with Gasteiger partial charge in [-0.05, 0) is 46.3 Å². The predicted molar refractivity (Wildman–Crippen MR) is 94.1 cm³/mol. The van der Waals surface area contributed by atoms with Gasteiger partial charge in [0.05, 0.1) is 16.4 Å². The van der Waals surface area contributed by atoms with Crippen molar-refractivity contribution in [2.45, 2.75) is 0 Å². The van der Waals surface area contributed by atoms with Gasteiger partial charge in [0, 0.05) is 10.0 Å². The lowest BCUT2D eigenvalue weighted by atomic mass is 10.2. The van der Waals surface area contributed by atoms with E-state index in [1.807, 2.05) is 0 Å². The molecule has 0 bridgehead atoms. The zero-order chi connectivity index (χ0) is 15.4. The largest absolute Gasteiger partial charge is 0.389 e. The number of benzene rings is 2. The molecule has 7 heteroatoms. The molecule has 21 heavy (non-hydrogen) atoms. The summed E-state index contributed by atoms with van der Waals surface area (Å²) in [5.41, 5.74) is 7.40. The molecule has 0 saturated carbocycles. The number of nitrogens with two attached hydrogens (primary N) is 1. The summed E-state index contributed by atoms with van der Waals surface area (Å²) < 4.78 is 0.683. The maximum atomic E-state index is 12.0. The van der Waals surface area contributed by atoms with Gasteiger partial charge >= 0.3 is 6.03 Å². The van der Waals surface area contributed by atoms with Crippen molar-refractivity contribution in [3.8, 4) is 0 Å². The minimum Gasteiger partial charge on any atom is -0.389 e. The summed E-state index contributed by atoms with van der Waals surface area (Å²) in [4.78, 5) is 12.2. The van der Waals surface area contributed by atoms with Crippen molar-refractivity contribution in [2.75, 3.05) is 10.6 Å². The first-order valence-electron chi connectivity index (χ1n) is 5.89. The molecular formula is C14H11BrClN3OS. The second-order valence-electron chi connectivity index (χ2n) is 4.12. The molecule has 2 amide bonds. The smallest absolute Gasteiger partial charge is 0.323 e. The molecule has 4 N–H and O–H groups in total. The number of urea groups is 1. The first kappa shape index (κ1) is 15.8. The van der Waals surface area contributed by atoms with Crippen LogP contribution in [0.2, 0.25) is 5.02 Å². The van der Waals surface area contributed by atoms with Crippen LogP contribution >= 0.6 is 39.7 Å². The fraction of sp³-hybridized carbons (Fsp3) is 0. The third-order valence-electron chi connectivity index (χ3n) is 2.62. The molecule has 0 atom stereocenters. The third kappa shape index (κ3) is 4.17. The molecule has 0 fully saturated rings. The second-order valence-corrected chi connectivity index (χ2v) is 5.82. The summed E-state index contributed by atoms with van der Waals surface area (Å²) >= 11 is 14.2. The van der Waals surface area contributed by atoms with E-state index in [1.54, 1.807) is 42.5 Å². The Morgan fingerprint density at radius 3 is 2.43 bits per heavy atom. The molecule has 0 aliphatic rings. The molecule has 0 spiro atoms. The van der Waals surface area contributed by atoms with E-state index in [2.05, 4.69) is 26.6 Å². The minimum atomic E-state index is -0.396. The molecule has 0 aliphatic carbocycles. The number of carbonyl (C=O) groups excluding carboxylic acids is 1. The molecule has 0 aliphatic heterocycles. The number of para-hydroxylation sites is 1. The van der Waals surface area contributed by atoms with Crippen LogP contribution in [0.15, 0.2) is 46.9 Å². The number of carbonyl (C=O) groups is 1. The Bertz CT molecular complexity index is 708. The van der Waals surface area contributed by atoms with Crippen LogP contribution in [0.25, 0.3) is 0 Å². The van der Waals surface area contributed by atoms with Gasteiger partial charge in [-0.3, -0.25) is 0 Å². The van der Waals surface area contributed by atoms with Crippen molar-refractivity contribution in [2.24, 2.45) is 5.73 Å². The number of nitrogens with one attached hydrogen (secondary N) is 2. The van der Waals surface area contributed by atoms with Crippen molar-refractivity contribution < 1.29 is 4.79 Å². The van der Waals surface area contributed by atoms with Gasteiger partial charge in [0.1, 0.15) is 4.99 Å². The Kier molecular flexibility index (Phi) is 5.17. The fourth-order valence-electron chi connectivity index (χ4n) is 1.61. The molecule has 108 valence electrons. The second kappa shape index (κ2) is 6.89. The van der Waals surface area contributed by atoms with Crippen molar-refractivity contribution in [3.05, 3.63) is 57.5 Å². The molecule has 0 saturated heterocycles. The van der Waals surface area contributed by atoms with E-state index in [9.17, 15) is 4.79 Å². The summed E-state index contributed by atoms with van der Waals surface area (Å²) in [6, 6.07) is 11.8. The number of halogens is 2. The average Bonchev–Trinajstić information content (AvgIpc) is 2.43. The van der Waals surface area contributed by atoms with E-state index in [1.165, 1.54) is 0 Å². The lowest BCUT2D eigenvalue weighted by molar-refractivity contribution is 0.262. The molecule has 2 aromatic rings.